The maximum Gasteiger partial charge on any atom is 0.243 e. The summed E-state index contributed by atoms with van der Waals surface area (Å²) in [6, 6.07) is 10.0. The number of carbonyl (C=O) groups excluding carboxylic acids is 1. The first kappa shape index (κ1) is 22.9. The number of nitrogens with one attached hydrogen (secondary N) is 1. The zero-order valence-corrected chi connectivity index (χ0v) is 18.8. The van der Waals surface area contributed by atoms with Crippen LogP contribution in [0.4, 0.5) is 5.69 Å². The minimum absolute atomic E-state index is 0.144. The summed E-state index contributed by atoms with van der Waals surface area (Å²) in [6.45, 7) is 1.03. The van der Waals surface area contributed by atoms with E-state index in [0.717, 1.165) is 18.4 Å². The molecule has 1 aliphatic heterocycles. The molecule has 168 valence electrons. The molecular weight excluding hydrogens is 420 g/mol. The Labute approximate surface area is 183 Å². The lowest BCUT2D eigenvalue weighted by Crippen LogP contribution is -2.28. The fraction of sp³-hybridized carbons (Fsp3) is 0.409. The van der Waals surface area contributed by atoms with Gasteiger partial charge in [0.1, 0.15) is 5.75 Å². The summed E-state index contributed by atoms with van der Waals surface area (Å²) in [5.41, 5.74) is 1.25. The maximum atomic E-state index is 12.8. The molecule has 1 heterocycles. The highest BCUT2D eigenvalue weighted by Gasteiger charge is 2.28. The van der Waals surface area contributed by atoms with Crippen LogP contribution in [0.15, 0.2) is 41.3 Å². The summed E-state index contributed by atoms with van der Waals surface area (Å²) >= 11 is 0. The van der Waals surface area contributed by atoms with E-state index in [1.165, 1.54) is 23.5 Å². The molecule has 1 N–H and O–H groups in total. The van der Waals surface area contributed by atoms with E-state index in [1.54, 1.807) is 26.4 Å². The van der Waals surface area contributed by atoms with Crippen LogP contribution in [0.25, 0.3) is 0 Å². The standard InChI is InChI=1S/C22H28N2O6S/c1-28-19-10-8-17(31(26,27)24-12-4-5-13-24)15-18(19)23-22(25)11-7-16-6-9-20(29-2)21(14-16)30-3/h6,8-10,14-15H,4-5,7,11-13H2,1-3H3,(H,23,25). The Balaban J connectivity index is 1.71. The first-order valence-corrected chi connectivity index (χ1v) is 11.5. The Bertz CT molecular complexity index is 1030. The van der Waals surface area contributed by atoms with Crippen molar-refractivity contribution in [2.24, 2.45) is 0 Å². The van der Waals surface area contributed by atoms with Gasteiger partial charge in [0.25, 0.3) is 0 Å². The Hall–Kier alpha value is -2.78. The van der Waals surface area contributed by atoms with E-state index in [-0.39, 0.29) is 17.2 Å². The molecule has 1 aliphatic rings. The Morgan fingerprint density at radius 3 is 2.23 bits per heavy atom. The van der Waals surface area contributed by atoms with E-state index in [0.29, 0.717) is 42.4 Å². The van der Waals surface area contributed by atoms with Crippen LogP contribution in [0.1, 0.15) is 24.8 Å². The van der Waals surface area contributed by atoms with Gasteiger partial charge in [-0.3, -0.25) is 4.79 Å². The fourth-order valence-electron chi connectivity index (χ4n) is 3.53. The third kappa shape index (κ3) is 5.29. The molecule has 0 unspecified atom stereocenters. The number of rotatable bonds is 9. The van der Waals surface area contributed by atoms with Gasteiger partial charge in [0.2, 0.25) is 15.9 Å². The Kier molecular flexibility index (Phi) is 7.40. The van der Waals surface area contributed by atoms with Crippen molar-refractivity contribution in [1.29, 1.82) is 0 Å². The fourth-order valence-corrected chi connectivity index (χ4v) is 5.07. The van der Waals surface area contributed by atoms with Crippen LogP contribution in [-0.2, 0) is 21.2 Å². The van der Waals surface area contributed by atoms with Gasteiger partial charge in [-0.15, -0.1) is 0 Å². The van der Waals surface area contributed by atoms with Gasteiger partial charge in [0.15, 0.2) is 11.5 Å². The van der Waals surface area contributed by atoms with E-state index in [2.05, 4.69) is 5.32 Å². The van der Waals surface area contributed by atoms with Crippen molar-refractivity contribution in [3.05, 3.63) is 42.0 Å². The van der Waals surface area contributed by atoms with Crippen LogP contribution in [0.5, 0.6) is 17.2 Å². The minimum atomic E-state index is -3.59. The van der Waals surface area contributed by atoms with Gasteiger partial charge < -0.3 is 19.5 Å². The number of benzene rings is 2. The summed E-state index contributed by atoms with van der Waals surface area (Å²) in [5, 5.41) is 2.78. The second-order valence-corrected chi connectivity index (χ2v) is 9.15. The average Bonchev–Trinajstić information content (AvgIpc) is 3.33. The van der Waals surface area contributed by atoms with Crippen LogP contribution in [0.3, 0.4) is 0 Å². The van der Waals surface area contributed by atoms with Crippen LogP contribution in [0.2, 0.25) is 0 Å². The molecular formula is C22H28N2O6S. The number of ether oxygens (including phenoxy) is 3. The predicted molar refractivity (Wildman–Crippen MR) is 117 cm³/mol. The molecule has 2 aromatic carbocycles. The van der Waals surface area contributed by atoms with E-state index < -0.39 is 10.0 Å². The second-order valence-electron chi connectivity index (χ2n) is 7.21. The van der Waals surface area contributed by atoms with Crippen molar-refractivity contribution >= 4 is 21.6 Å². The van der Waals surface area contributed by atoms with Crippen molar-refractivity contribution in [3.8, 4) is 17.2 Å². The number of nitrogens with zero attached hydrogens (tertiary/aromatic N) is 1. The first-order valence-electron chi connectivity index (χ1n) is 10.1. The molecule has 1 amide bonds. The van der Waals surface area contributed by atoms with Crippen molar-refractivity contribution in [2.45, 2.75) is 30.6 Å². The third-order valence-electron chi connectivity index (χ3n) is 5.24. The largest absolute Gasteiger partial charge is 0.495 e. The number of anilines is 1. The summed E-state index contributed by atoms with van der Waals surface area (Å²) in [6.07, 6.45) is 2.41. The van der Waals surface area contributed by atoms with Gasteiger partial charge in [0, 0.05) is 19.5 Å². The zero-order chi connectivity index (χ0) is 22.4. The molecule has 2 aromatic rings. The number of aryl methyl sites for hydroxylation is 1. The number of hydrogen-bond donors (Lipinski definition) is 1. The number of hydrogen-bond acceptors (Lipinski definition) is 6. The smallest absolute Gasteiger partial charge is 0.243 e. The maximum absolute atomic E-state index is 12.8. The lowest BCUT2D eigenvalue weighted by atomic mass is 10.1. The number of methoxy groups -OCH3 is 3. The number of sulfonamides is 1. The average molecular weight is 449 g/mol. The SMILES string of the molecule is COc1ccc(S(=O)(=O)N2CCCC2)cc1NC(=O)CCc1ccc(OC)c(OC)c1. The molecule has 0 saturated carbocycles. The van der Waals surface area contributed by atoms with Crippen molar-refractivity contribution in [1.82, 2.24) is 4.31 Å². The molecule has 0 spiro atoms. The minimum Gasteiger partial charge on any atom is -0.495 e. The quantitative estimate of drug-likeness (QED) is 0.634. The molecule has 0 atom stereocenters. The van der Waals surface area contributed by atoms with Gasteiger partial charge in [-0.1, -0.05) is 6.07 Å². The highest BCUT2D eigenvalue weighted by atomic mass is 32.2. The summed E-state index contributed by atoms with van der Waals surface area (Å²) in [5.74, 6) is 1.38. The topological polar surface area (TPSA) is 94.2 Å². The molecule has 0 radical (unpaired) electrons. The highest BCUT2D eigenvalue weighted by Crippen LogP contribution is 2.31. The monoisotopic (exact) mass is 448 g/mol. The highest BCUT2D eigenvalue weighted by molar-refractivity contribution is 7.89. The lowest BCUT2D eigenvalue weighted by Gasteiger charge is -2.17. The van der Waals surface area contributed by atoms with Crippen molar-refractivity contribution in [3.63, 3.8) is 0 Å². The Morgan fingerprint density at radius 1 is 0.935 bits per heavy atom. The normalized spacial score (nSPS) is 14.3. The predicted octanol–water partition coefficient (Wildman–Crippen LogP) is 3.07. The van der Waals surface area contributed by atoms with E-state index in [1.807, 2.05) is 12.1 Å². The zero-order valence-electron chi connectivity index (χ0n) is 18.0. The van der Waals surface area contributed by atoms with Gasteiger partial charge in [-0.25, -0.2) is 8.42 Å². The van der Waals surface area contributed by atoms with Crippen LogP contribution >= 0.6 is 0 Å². The molecule has 0 aliphatic carbocycles. The van der Waals surface area contributed by atoms with E-state index in [4.69, 9.17) is 14.2 Å². The molecule has 9 heteroatoms. The van der Waals surface area contributed by atoms with Crippen molar-refractivity contribution in [2.75, 3.05) is 39.7 Å². The van der Waals surface area contributed by atoms with Crippen LogP contribution in [-0.4, -0.2) is 53.0 Å². The first-order chi connectivity index (χ1) is 14.9. The van der Waals surface area contributed by atoms with Gasteiger partial charge in [-0.2, -0.15) is 4.31 Å². The summed E-state index contributed by atoms with van der Waals surface area (Å²) in [7, 11) is 1.01. The summed E-state index contributed by atoms with van der Waals surface area (Å²) < 4.78 is 43.0. The molecule has 31 heavy (non-hydrogen) atoms. The van der Waals surface area contributed by atoms with Gasteiger partial charge in [-0.05, 0) is 55.2 Å². The molecule has 1 saturated heterocycles. The molecule has 8 nitrogen and oxygen atoms in total. The van der Waals surface area contributed by atoms with Gasteiger partial charge >= 0.3 is 0 Å². The number of amides is 1. The molecule has 1 fully saturated rings. The second kappa shape index (κ2) is 10.0. The van der Waals surface area contributed by atoms with E-state index >= 15 is 0 Å². The third-order valence-corrected chi connectivity index (χ3v) is 7.13. The Morgan fingerprint density at radius 2 is 1.58 bits per heavy atom. The summed E-state index contributed by atoms with van der Waals surface area (Å²) in [4.78, 5) is 12.7. The van der Waals surface area contributed by atoms with E-state index in [9.17, 15) is 13.2 Å². The molecule has 0 aromatic heterocycles. The number of carbonyl (C=O) groups is 1. The van der Waals surface area contributed by atoms with Crippen molar-refractivity contribution < 1.29 is 27.4 Å². The van der Waals surface area contributed by atoms with Crippen LogP contribution < -0.4 is 19.5 Å². The van der Waals surface area contributed by atoms with Crippen LogP contribution in [0, 0.1) is 0 Å². The lowest BCUT2D eigenvalue weighted by molar-refractivity contribution is -0.116. The van der Waals surface area contributed by atoms with Gasteiger partial charge in [0.05, 0.1) is 31.9 Å². The molecule has 3 rings (SSSR count). The molecule has 0 bridgehead atoms.